The summed E-state index contributed by atoms with van der Waals surface area (Å²) in [5, 5.41) is 12.5. The molecule has 2 heterocycles. The van der Waals surface area contributed by atoms with E-state index in [2.05, 4.69) is 10.3 Å². The summed E-state index contributed by atoms with van der Waals surface area (Å²) < 4.78 is 15.9. The van der Waals surface area contributed by atoms with E-state index in [-0.39, 0.29) is 35.8 Å². The van der Waals surface area contributed by atoms with Gasteiger partial charge in [-0.2, -0.15) is 0 Å². The van der Waals surface area contributed by atoms with Gasteiger partial charge >= 0.3 is 5.97 Å². The van der Waals surface area contributed by atoms with Gasteiger partial charge in [0.05, 0.1) is 13.7 Å². The molecule has 2 rings (SSSR count). The van der Waals surface area contributed by atoms with Crippen molar-refractivity contribution >= 4 is 11.9 Å². The summed E-state index contributed by atoms with van der Waals surface area (Å²) in [5.41, 5.74) is -0.230. The van der Waals surface area contributed by atoms with Crippen LogP contribution in [0.4, 0.5) is 0 Å². The Labute approximate surface area is 146 Å². The van der Waals surface area contributed by atoms with Crippen molar-refractivity contribution in [1.82, 2.24) is 10.3 Å². The highest BCUT2D eigenvalue weighted by Crippen LogP contribution is 2.27. The van der Waals surface area contributed by atoms with Gasteiger partial charge in [0.2, 0.25) is 0 Å². The van der Waals surface area contributed by atoms with Crippen LogP contribution in [-0.2, 0) is 14.3 Å². The fourth-order valence-electron chi connectivity index (χ4n) is 2.73. The molecular formula is C17H24N2O6. The van der Waals surface area contributed by atoms with Crippen LogP contribution < -0.4 is 10.1 Å². The Balaban J connectivity index is 2.12. The number of hydrogen-bond acceptors (Lipinski definition) is 7. The molecule has 138 valence electrons. The van der Waals surface area contributed by atoms with Crippen molar-refractivity contribution in [2.75, 3.05) is 20.3 Å². The fraction of sp³-hybridized carbons (Fsp3) is 0.588. The Morgan fingerprint density at radius 1 is 1.52 bits per heavy atom. The highest BCUT2D eigenvalue weighted by molar-refractivity contribution is 5.98. The fourth-order valence-corrected chi connectivity index (χ4v) is 2.73. The zero-order valence-electron chi connectivity index (χ0n) is 14.7. The van der Waals surface area contributed by atoms with Gasteiger partial charge in [0, 0.05) is 18.9 Å². The molecule has 3 atom stereocenters. The molecule has 1 saturated heterocycles. The van der Waals surface area contributed by atoms with Gasteiger partial charge in [-0.25, -0.2) is 9.78 Å². The Morgan fingerprint density at radius 3 is 2.96 bits per heavy atom. The van der Waals surface area contributed by atoms with E-state index in [9.17, 15) is 14.7 Å². The van der Waals surface area contributed by atoms with Crippen LogP contribution in [0.1, 0.15) is 37.2 Å². The van der Waals surface area contributed by atoms with Gasteiger partial charge in [0.1, 0.15) is 6.10 Å². The molecule has 1 amide bonds. The van der Waals surface area contributed by atoms with E-state index in [1.807, 2.05) is 13.8 Å². The topological polar surface area (TPSA) is 107 Å². The average molecular weight is 352 g/mol. The number of methoxy groups -OCH3 is 1. The van der Waals surface area contributed by atoms with E-state index in [0.717, 1.165) is 12.8 Å². The molecule has 1 aromatic heterocycles. The van der Waals surface area contributed by atoms with E-state index >= 15 is 0 Å². The van der Waals surface area contributed by atoms with Gasteiger partial charge in [-0.1, -0.05) is 6.92 Å². The Bertz CT molecular complexity index is 621. The molecule has 0 bridgehead atoms. The van der Waals surface area contributed by atoms with E-state index in [0.29, 0.717) is 6.61 Å². The quantitative estimate of drug-likeness (QED) is 0.786. The van der Waals surface area contributed by atoms with Crippen LogP contribution in [-0.4, -0.2) is 54.4 Å². The number of amides is 1. The van der Waals surface area contributed by atoms with Crippen molar-refractivity contribution in [3.63, 3.8) is 0 Å². The Kier molecular flexibility index (Phi) is 6.58. The Hall–Kier alpha value is -2.35. The first kappa shape index (κ1) is 19.0. The third kappa shape index (κ3) is 4.60. The molecule has 2 N–H and O–H groups in total. The smallest absolute Gasteiger partial charge is 0.331 e. The zero-order chi connectivity index (χ0) is 18.4. The van der Waals surface area contributed by atoms with Gasteiger partial charge in [0.25, 0.3) is 5.91 Å². The highest BCUT2D eigenvalue weighted by Gasteiger charge is 2.30. The molecule has 8 nitrogen and oxygen atoms in total. The van der Waals surface area contributed by atoms with Crippen LogP contribution in [0.2, 0.25) is 0 Å². The number of rotatable bonds is 4. The second kappa shape index (κ2) is 8.66. The number of aromatic hydroxyl groups is 1. The maximum atomic E-state index is 12.4. The number of carbonyl (C=O) groups excluding carboxylic acids is 2. The molecule has 8 heteroatoms. The molecule has 0 aromatic carbocycles. The summed E-state index contributed by atoms with van der Waals surface area (Å²) >= 11 is 0. The second-order valence-electron chi connectivity index (χ2n) is 5.91. The monoisotopic (exact) mass is 352 g/mol. The highest BCUT2D eigenvalue weighted by atomic mass is 16.6. The number of carbonyl (C=O) groups is 2. The summed E-state index contributed by atoms with van der Waals surface area (Å²) in [6.45, 7) is 4.35. The van der Waals surface area contributed by atoms with Crippen molar-refractivity contribution in [3.05, 3.63) is 18.0 Å². The summed E-state index contributed by atoms with van der Waals surface area (Å²) in [6, 6.07) is 0.453. The summed E-state index contributed by atoms with van der Waals surface area (Å²) in [4.78, 5) is 28.6. The van der Waals surface area contributed by atoms with Crippen molar-refractivity contribution in [2.45, 2.75) is 38.8 Å². The number of hydrogen-bond donors (Lipinski definition) is 2. The normalized spacial score (nSPS) is 24.4. The molecule has 0 unspecified atom stereocenters. The molecule has 1 aliphatic heterocycles. The van der Waals surface area contributed by atoms with Crippen LogP contribution >= 0.6 is 0 Å². The summed E-state index contributed by atoms with van der Waals surface area (Å²) in [5.74, 6) is -1.33. The number of pyridine rings is 1. The molecule has 0 spiro atoms. The maximum Gasteiger partial charge on any atom is 0.331 e. The molecule has 25 heavy (non-hydrogen) atoms. The molecule has 0 saturated carbocycles. The lowest BCUT2D eigenvalue weighted by Crippen LogP contribution is -2.46. The molecule has 1 aliphatic rings. The zero-order valence-corrected chi connectivity index (χ0v) is 14.7. The van der Waals surface area contributed by atoms with Crippen LogP contribution in [0.25, 0.3) is 0 Å². The van der Waals surface area contributed by atoms with Crippen molar-refractivity contribution in [1.29, 1.82) is 0 Å². The maximum absolute atomic E-state index is 12.4. The molecule has 0 aliphatic carbocycles. The van der Waals surface area contributed by atoms with Crippen LogP contribution in [0, 0.1) is 5.92 Å². The van der Waals surface area contributed by atoms with Crippen molar-refractivity contribution < 1.29 is 28.9 Å². The van der Waals surface area contributed by atoms with E-state index < -0.39 is 17.9 Å². The number of esters is 1. The summed E-state index contributed by atoms with van der Waals surface area (Å²) in [6.07, 6.45) is 2.72. The number of nitrogens with one attached hydrogen (secondary N) is 1. The standard InChI is InChI=1S/C17H24N2O6/c1-4-11-6-8-24-9-12(17(22)25-10(11)2)19-16(21)14-15(20)13(23-3)5-7-18-14/h5,7,10-12,20H,4,6,8-9H2,1-3H3,(H,19,21)/t10-,11+,12-/m0/s1. The summed E-state index contributed by atoms with van der Waals surface area (Å²) in [7, 11) is 1.37. The third-order valence-corrected chi connectivity index (χ3v) is 4.32. The van der Waals surface area contributed by atoms with Gasteiger partial charge in [-0.15, -0.1) is 0 Å². The van der Waals surface area contributed by atoms with E-state index in [1.165, 1.54) is 19.4 Å². The van der Waals surface area contributed by atoms with Crippen molar-refractivity contribution in [2.24, 2.45) is 5.92 Å². The minimum absolute atomic E-state index is 0.00153. The molecular weight excluding hydrogens is 328 g/mol. The van der Waals surface area contributed by atoms with E-state index in [4.69, 9.17) is 14.2 Å². The largest absolute Gasteiger partial charge is 0.503 e. The van der Waals surface area contributed by atoms with Crippen LogP contribution in [0.5, 0.6) is 11.5 Å². The van der Waals surface area contributed by atoms with Crippen LogP contribution in [0.15, 0.2) is 12.3 Å². The number of ether oxygens (including phenoxy) is 3. The second-order valence-corrected chi connectivity index (χ2v) is 5.91. The number of aromatic nitrogens is 1. The van der Waals surface area contributed by atoms with Crippen LogP contribution in [0.3, 0.4) is 0 Å². The number of cyclic esters (lactones) is 1. The molecule has 0 radical (unpaired) electrons. The predicted octanol–water partition coefficient (Wildman–Crippen LogP) is 1.27. The lowest BCUT2D eigenvalue weighted by molar-refractivity contribution is -0.153. The van der Waals surface area contributed by atoms with Gasteiger partial charge in [0.15, 0.2) is 23.2 Å². The first-order valence-electron chi connectivity index (χ1n) is 8.29. The minimum Gasteiger partial charge on any atom is -0.503 e. The van der Waals surface area contributed by atoms with E-state index in [1.54, 1.807) is 0 Å². The number of nitrogens with zero attached hydrogens (tertiary/aromatic N) is 1. The van der Waals surface area contributed by atoms with Gasteiger partial charge in [-0.05, 0) is 25.7 Å². The Morgan fingerprint density at radius 2 is 2.28 bits per heavy atom. The van der Waals surface area contributed by atoms with Gasteiger partial charge < -0.3 is 24.6 Å². The van der Waals surface area contributed by atoms with Crippen molar-refractivity contribution in [3.8, 4) is 11.5 Å². The predicted molar refractivity (Wildman–Crippen MR) is 88.5 cm³/mol. The van der Waals surface area contributed by atoms with Gasteiger partial charge in [-0.3, -0.25) is 4.79 Å². The lowest BCUT2D eigenvalue weighted by atomic mass is 9.97. The average Bonchev–Trinajstić information content (AvgIpc) is 2.65. The lowest BCUT2D eigenvalue weighted by Gasteiger charge is -2.22. The first-order valence-corrected chi connectivity index (χ1v) is 8.29. The SMILES string of the molecule is CC[C@@H]1CCOC[C@H](NC(=O)c2nccc(OC)c2O)C(=O)O[C@H]1C. The molecule has 1 aromatic rings. The minimum atomic E-state index is -0.974. The first-order chi connectivity index (χ1) is 12.0. The third-order valence-electron chi connectivity index (χ3n) is 4.32. The molecule has 1 fully saturated rings.